The van der Waals surface area contributed by atoms with Gasteiger partial charge in [-0.2, -0.15) is 0 Å². The van der Waals surface area contributed by atoms with E-state index in [2.05, 4.69) is 9.97 Å². The summed E-state index contributed by atoms with van der Waals surface area (Å²) >= 11 is 0. The lowest BCUT2D eigenvalue weighted by molar-refractivity contribution is 0.599. The molecule has 1 aromatic carbocycles. The van der Waals surface area contributed by atoms with E-state index in [1.54, 1.807) is 12.1 Å². The van der Waals surface area contributed by atoms with E-state index in [0.717, 1.165) is 28.2 Å². The minimum Gasteiger partial charge on any atom is -0.241 e. The van der Waals surface area contributed by atoms with Crippen molar-refractivity contribution in [2.45, 2.75) is 47.0 Å². The number of benzene rings is 1. The number of sulfonamides is 1. The fraction of sp³-hybridized carbons (Fsp3) is 0.429. The number of hydrogen-bond donors (Lipinski definition) is 0. The lowest BCUT2D eigenvalue weighted by Crippen LogP contribution is -2.27. The molecule has 2 rings (SSSR count). The van der Waals surface area contributed by atoms with Gasteiger partial charge in [0.05, 0.1) is 17.6 Å². The summed E-state index contributed by atoms with van der Waals surface area (Å²) in [4.78, 5) is 9.00. The normalized spacial score (nSPS) is 11.5. The molecule has 0 amide bonds. The first-order chi connectivity index (χ1) is 13.1. The molecule has 5 nitrogen and oxygen atoms in total. The highest BCUT2D eigenvalue weighted by molar-refractivity contribution is 7.92. The van der Waals surface area contributed by atoms with Crippen LogP contribution in [0.25, 0.3) is 17.3 Å². The van der Waals surface area contributed by atoms with Gasteiger partial charge in [0, 0.05) is 18.2 Å². The third-order valence-corrected chi connectivity index (χ3v) is 5.09. The second-order valence-corrected chi connectivity index (χ2v) is 8.39. The Bertz CT molecular complexity index is 908. The number of anilines is 1. The van der Waals surface area contributed by atoms with Crippen LogP contribution in [0.1, 0.15) is 58.2 Å². The molecule has 0 saturated carbocycles. The zero-order chi connectivity index (χ0) is 21.5. The fourth-order valence-electron chi connectivity index (χ4n) is 2.43. The van der Waals surface area contributed by atoms with Crippen LogP contribution >= 0.6 is 0 Å². The third-order valence-electron chi connectivity index (χ3n) is 3.93. The van der Waals surface area contributed by atoms with E-state index in [9.17, 15) is 12.8 Å². The Balaban J connectivity index is 0.00000190. The largest absolute Gasteiger partial charge is 0.241 e. The van der Waals surface area contributed by atoms with Crippen LogP contribution in [-0.2, 0) is 10.0 Å². The van der Waals surface area contributed by atoms with Gasteiger partial charge in [-0.3, -0.25) is 0 Å². The van der Waals surface area contributed by atoms with Crippen molar-refractivity contribution in [3.05, 3.63) is 47.4 Å². The molecule has 0 aliphatic rings. The number of rotatable bonds is 6. The lowest BCUT2D eigenvalue weighted by atomic mass is 9.98. The van der Waals surface area contributed by atoms with Crippen molar-refractivity contribution in [1.82, 2.24) is 9.97 Å². The minimum absolute atomic E-state index is 0.0559. The summed E-state index contributed by atoms with van der Waals surface area (Å²) in [5.41, 5.74) is 2.85. The van der Waals surface area contributed by atoms with Crippen molar-refractivity contribution in [1.29, 1.82) is 0 Å². The van der Waals surface area contributed by atoms with Crippen molar-refractivity contribution in [2.75, 3.05) is 17.6 Å². The van der Waals surface area contributed by atoms with Gasteiger partial charge in [0.25, 0.3) is 0 Å². The lowest BCUT2D eigenvalue weighted by Gasteiger charge is -2.20. The van der Waals surface area contributed by atoms with Gasteiger partial charge in [0.1, 0.15) is 5.82 Å². The molecule has 0 N–H and O–H groups in total. The molecule has 0 aliphatic carbocycles. The highest BCUT2D eigenvalue weighted by Crippen LogP contribution is 2.31. The SMILES string of the molecule is CC.CC/C=C/c1c(-c2ccc(F)cc2)nc(N(C)S(C)(=O)=O)nc1C(C)C. The Labute approximate surface area is 168 Å². The number of aromatic nitrogens is 2. The van der Waals surface area contributed by atoms with Crippen LogP contribution in [0.4, 0.5) is 10.3 Å². The first-order valence-electron chi connectivity index (χ1n) is 9.43. The van der Waals surface area contributed by atoms with Crippen LogP contribution in [0.15, 0.2) is 30.3 Å². The van der Waals surface area contributed by atoms with Gasteiger partial charge < -0.3 is 0 Å². The van der Waals surface area contributed by atoms with Gasteiger partial charge in [0.2, 0.25) is 16.0 Å². The number of nitrogens with zero attached hydrogens (tertiary/aromatic N) is 3. The Morgan fingerprint density at radius 1 is 1.14 bits per heavy atom. The third kappa shape index (κ3) is 5.86. The maximum absolute atomic E-state index is 13.3. The molecule has 2 aromatic rings. The molecule has 0 radical (unpaired) electrons. The number of halogens is 1. The summed E-state index contributed by atoms with van der Waals surface area (Å²) in [5, 5.41) is 0. The van der Waals surface area contributed by atoms with E-state index in [1.165, 1.54) is 19.2 Å². The second-order valence-electron chi connectivity index (χ2n) is 6.37. The van der Waals surface area contributed by atoms with Gasteiger partial charge in [0.15, 0.2) is 0 Å². The number of hydrogen-bond acceptors (Lipinski definition) is 4. The van der Waals surface area contributed by atoms with Crippen LogP contribution < -0.4 is 4.31 Å². The average molecular weight is 408 g/mol. The minimum atomic E-state index is -3.50. The highest BCUT2D eigenvalue weighted by Gasteiger charge is 2.21. The first kappa shape index (κ1) is 23.8. The quantitative estimate of drug-likeness (QED) is 0.656. The van der Waals surface area contributed by atoms with Crippen molar-refractivity contribution in [3.63, 3.8) is 0 Å². The summed E-state index contributed by atoms with van der Waals surface area (Å²) < 4.78 is 38.3. The zero-order valence-electron chi connectivity index (χ0n) is 17.7. The predicted molar refractivity (Wildman–Crippen MR) is 115 cm³/mol. The highest BCUT2D eigenvalue weighted by atomic mass is 32.2. The molecule has 0 saturated heterocycles. The molecule has 1 aromatic heterocycles. The summed E-state index contributed by atoms with van der Waals surface area (Å²) in [6.07, 6.45) is 5.88. The zero-order valence-corrected chi connectivity index (χ0v) is 18.5. The summed E-state index contributed by atoms with van der Waals surface area (Å²) in [5.74, 6) is -0.185. The molecule has 0 spiro atoms. The molecule has 154 valence electrons. The fourth-order valence-corrected chi connectivity index (χ4v) is 2.81. The summed E-state index contributed by atoms with van der Waals surface area (Å²) in [6.45, 7) is 10.0. The summed E-state index contributed by atoms with van der Waals surface area (Å²) in [7, 11) is -2.08. The summed E-state index contributed by atoms with van der Waals surface area (Å²) in [6, 6.07) is 5.99. The van der Waals surface area contributed by atoms with E-state index in [4.69, 9.17) is 0 Å². The molecule has 28 heavy (non-hydrogen) atoms. The first-order valence-corrected chi connectivity index (χ1v) is 11.3. The molecular weight excluding hydrogens is 377 g/mol. The van der Waals surface area contributed by atoms with Crippen LogP contribution in [0.5, 0.6) is 0 Å². The Morgan fingerprint density at radius 3 is 2.18 bits per heavy atom. The van der Waals surface area contributed by atoms with Gasteiger partial charge in [-0.1, -0.05) is 46.8 Å². The maximum Gasteiger partial charge on any atom is 0.239 e. The molecule has 0 unspecified atom stereocenters. The molecule has 0 bridgehead atoms. The van der Waals surface area contributed by atoms with E-state index < -0.39 is 10.0 Å². The van der Waals surface area contributed by atoms with Crippen molar-refractivity contribution in [3.8, 4) is 11.3 Å². The number of allylic oxidation sites excluding steroid dienone is 1. The van der Waals surface area contributed by atoms with Gasteiger partial charge in [-0.15, -0.1) is 0 Å². The van der Waals surface area contributed by atoms with Crippen LogP contribution in [0.2, 0.25) is 0 Å². The molecule has 0 fully saturated rings. The average Bonchev–Trinajstić information content (AvgIpc) is 2.66. The van der Waals surface area contributed by atoms with E-state index in [0.29, 0.717) is 11.3 Å². The van der Waals surface area contributed by atoms with E-state index in [1.807, 2.05) is 46.8 Å². The van der Waals surface area contributed by atoms with E-state index in [-0.39, 0.29) is 17.7 Å². The Kier molecular flexibility index (Phi) is 8.75. The Hall–Kier alpha value is -2.28. The standard InChI is InChI=1S/C19H24FN3O2S.C2H6/c1-6-7-8-16-17(13(2)3)21-19(23(4)26(5,24)25)22-18(16)14-9-11-15(20)12-10-14;1-2/h7-13H,6H2,1-5H3;1-2H3/b8-7+;. The molecular formula is C21H30FN3O2S. The topological polar surface area (TPSA) is 63.2 Å². The van der Waals surface area contributed by atoms with Gasteiger partial charge >= 0.3 is 0 Å². The van der Waals surface area contributed by atoms with Crippen LogP contribution in [0, 0.1) is 5.82 Å². The van der Waals surface area contributed by atoms with E-state index >= 15 is 0 Å². The molecule has 7 heteroatoms. The smallest absolute Gasteiger partial charge is 0.239 e. The van der Waals surface area contributed by atoms with Crippen LogP contribution in [-0.4, -0.2) is 31.7 Å². The Morgan fingerprint density at radius 2 is 1.71 bits per heavy atom. The van der Waals surface area contributed by atoms with Crippen molar-refractivity contribution < 1.29 is 12.8 Å². The monoisotopic (exact) mass is 407 g/mol. The van der Waals surface area contributed by atoms with Gasteiger partial charge in [-0.25, -0.2) is 27.1 Å². The predicted octanol–water partition coefficient (Wildman–Crippen LogP) is 5.25. The van der Waals surface area contributed by atoms with Crippen molar-refractivity contribution >= 4 is 22.0 Å². The molecule has 1 heterocycles. The second kappa shape index (κ2) is 10.3. The molecule has 0 aliphatic heterocycles. The van der Waals surface area contributed by atoms with Crippen molar-refractivity contribution in [2.24, 2.45) is 0 Å². The maximum atomic E-state index is 13.3. The van der Waals surface area contributed by atoms with Crippen LogP contribution in [0.3, 0.4) is 0 Å². The molecule has 0 atom stereocenters. The van der Waals surface area contributed by atoms with Gasteiger partial charge in [-0.05, 0) is 36.6 Å².